The van der Waals surface area contributed by atoms with Crippen molar-refractivity contribution in [2.45, 2.75) is 84.0 Å². The molecule has 0 amide bonds. The number of allylic oxidation sites excluding steroid dienone is 3. The smallest absolute Gasteiger partial charge is 0.0822 e. The molecule has 0 aromatic rings. The molecular weight excluding hydrogens is 564 g/mol. The summed E-state index contributed by atoms with van der Waals surface area (Å²) >= 11 is 0. The maximum absolute atomic E-state index is 10.9. The average molecular weight is 625 g/mol. The van der Waals surface area contributed by atoms with Gasteiger partial charge in [0.25, 0.3) is 0 Å². The van der Waals surface area contributed by atoms with Crippen molar-refractivity contribution in [3.05, 3.63) is 23.8 Å². The van der Waals surface area contributed by atoms with Gasteiger partial charge in [-0.05, 0) is 90.9 Å². The molecule has 0 bridgehead atoms. The summed E-state index contributed by atoms with van der Waals surface area (Å²) in [5, 5.41) is 93.0. The van der Waals surface area contributed by atoms with Crippen LogP contribution in [0.3, 0.4) is 0 Å². The van der Waals surface area contributed by atoms with Crippen molar-refractivity contribution < 1.29 is 46.0 Å². The Morgan fingerprint density at radius 1 is 0.568 bits per heavy atom. The number of aliphatic hydroxyl groups is 9. The molecule has 9 N–H and O–H groups in total. The highest BCUT2D eigenvalue weighted by Crippen LogP contribution is 2.58. The van der Waals surface area contributed by atoms with Gasteiger partial charge in [0, 0.05) is 62.6 Å². The normalized spacial score (nSPS) is 43.4. The van der Waals surface area contributed by atoms with E-state index in [0.717, 1.165) is 12.8 Å². The van der Waals surface area contributed by atoms with Gasteiger partial charge in [-0.1, -0.05) is 39.0 Å². The highest BCUT2D eigenvalue weighted by atomic mass is 16.3. The van der Waals surface area contributed by atoms with E-state index in [9.17, 15) is 46.0 Å². The quantitative estimate of drug-likeness (QED) is 0.154. The van der Waals surface area contributed by atoms with E-state index in [1.807, 2.05) is 6.08 Å². The van der Waals surface area contributed by atoms with Crippen LogP contribution < -0.4 is 0 Å². The number of aliphatic hydroxyl groups excluding tert-OH is 9. The Morgan fingerprint density at radius 3 is 1.41 bits per heavy atom. The minimum atomic E-state index is -0.902. The second kappa shape index (κ2) is 14.9. The maximum Gasteiger partial charge on any atom is 0.0822 e. The lowest BCUT2D eigenvalue weighted by molar-refractivity contribution is -0.0941. The summed E-state index contributed by atoms with van der Waals surface area (Å²) in [6.45, 7) is 5.77. The molecule has 9 nitrogen and oxygen atoms in total. The van der Waals surface area contributed by atoms with Crippen molar-refractivity contribution in [2.75, 3.05) is 39.6 Å². The molecule has 2 fully saturated rings. The fraction of sp³-hybridized carbons (Fsp3) is 0.886. The predicted octanol–water partition coefficient (Wildman–Crippen LogP) is 1.49. The summed E-state index contributed by atoms with van der Waals surface area (Å²) in [5.74, 6) is -1.02. The first-order chi connectivity index (χ1) is 20.9. The van der Waals surface area contributed by atoms with Crippen molar-refractivity contribution in [2.24, 2.45) is 70.0 Å². The molecule has 0 aromatic carbocycles. The lowest BCUT2D eigenvalue weighted by atomic mass is 9.50. The van der Waals surface area contributed by atoms with E-state index in [-0.39, 0.29) is 104 Å². The third-order valence-corrected chi connectivity index (χ3v) is 13.3. The highest BCUT2D eigenvalue weighted by Gasteiger charge is 2.53. The van der Waals surface area contributed by atoms with Crippen LogP contribution in [0.15, 0.2) is 23.8 Å². The molecule has 254 valence electrons. The topological polar surface area (TPSA) is 182 Å². The Labute approximate surface area is 263 Å². The highest BCUT2D eigenvalue weighted by molar-refractivity contribution is 5.21. The summed E-state index contributed by atoms with van der Waals surface area (Å²) in [7, 11) is 0. The lowest BCUT2D eigenvalue weighted by Crippen LogP contribution is -2.52. The van der Waals surface area contributed by atoms with E-state index >= 15 is 0 Å². The van der Waals surface area contributed by atoms with Crippen molar-refractivity contribution in [1.29, 1.82) is 0 Å². The first kappa shape index (κ1) is 36.0. The van der Waals surface area contributed by atoms with Crippen LogP contribution in [0.5, 0.6) is 0 Å². The number of hydrogen-bond acceptors (Lipinski definition) is 9. The number of hydrogen-bond donors (Lipinski definition) is 9. The molecule has 10 unspecified atom stereocenters. The second-order valence-corrected chi connectivity index (χ2v) is 15.6. The van der Waals surface area contributed by atoms with Crippen molar-refractivity contribution >= 4 is 0 Å². The molecule has 44 heavy (non-hydrogen) atoms. The van der Waals surface area contributed by atoms with Crippen molar-refractivity contribution in [3.8, 4) is 0 Å². The molecule has 4 rings (SSSR count). The lowest BCUT2D eigenvalue weighted by Gasteiger charge is -2.55. The second-order valence-electron chi connectivity index (χ2n) is 15.6. The summed E-state index contributed by atoms with van der Waals surface area (Å²) in [6, 6.07) is 0. The molecule has 0 radical (unpaired) electrons. The Morgan fingerprint density at radius 2 is 1.00 bits per heavy atom. The summed E-state index contributed by atoms with van der Waals surface area (Å²) in [6.07, 6.45) is 9.26. The van der Waals surface area contributed by atoms with Gasteiger partial charge in [0.05, 0.1) is 24.9 Å². The van der Waals surface area contributed by atoms with Gasteiger partial charge >= 0.3 is 0 Å². The minimum absolute atomic E-state index is 0.0469. The Bertz CT molecular complexity index is 955. The molecule has 10 atom stereocenters. The van der Waals surface area contributed by atoms with Crippen LogP contribution in [0.2, 0.25) is 0 Å². The van der Waals surface area contributed by atoms with E-state index < -0.39 is 24.2 Å². The van der Waals surface area contributed by atoms with Gasteiger partial charge in [0.1, 0.15) is 0 Å². The van der Waals surface area contributed by atoms with Gasteiger partial charge in [-0.3, -0.25) is 0 Å². The maximum atomic E-state index is 10.9. The summed E-state index contributed by atoms with van der Waals surface area (Å²) in [4.78, 5) is 0. The molecule has 0 aliphatic heterocycles. The molecular formula is C35H60O9. The van der Waals surface area contributed by atoms with Crippen molar-refractivity contribution in [3.63, 3.8) is 0 Å². The van der Waals surface area contributed by atoms with Gasteiger partial charge in [-0.2, -0.15) is 0 Å². The third kappa shape index (κ3) is 6.74. The molecule has 0 saturated heterocycles. The summed E-state index contributed by atoms with van der Waals surface area (Å²) in [5.41, 5.74) is 0.00737. The Hall–Kier alpha value is -0.880. The predicted molar refractivity (Wildman–Crippen MR) is 167 cm³/mol. The third-order valence-electron chi connectivity index (χ3n) is 13.3. The van der Waals surface area contributed by atoms with E-state index in [4.69, 9.17) is 0 Å². The van der Waals surface area contributed by atoms with Crippen LogP contribution in [0.4, 0.5) is 0 Å². The fourth-order valence-corrected chi connectivity index (χ4v) is 9.91. The van der Waals surface area contributed by atoms with E-state index in [2.05, 4.69) is 32.9 Å². The van der Waals surface area contributed by atoms with Crippen LogP contribution >= 0.6 is 0 Å². The molecule has 2 saturated carbocycles. The van der Waals surface area contributed by atoms with Crippen LogP contribution in [0.1, 0.15) is 65.7 Å². The van der Waals surface area contributed by atoms with Gasteiger partial charge in [0.2, 0.25) is 0 Å². The van der Waals surface area contributed by atoms with Gasteiger partial charge < -0.3 is 46.0 Å². The van der Waals surface area contributed by atoms with Crippen molar-refractivity contribution in [1.82, 2.24) is 0 Å². The molecule has 0 aromatic heterocycles. The Balaban J connectivity index is 1.67. The molecule has 9 heteroatoms. The zero-order valence-corrected chi connectivity index (χ0v) is 27.0. The Kier molecular flexibility index (Phi) is 12.2. The monoisotopic (exact) mass is 624 g/mol. The standard InChI is InChI=1S/C35H60O9/c1-34(2,28-8-20(14-36)31(42)21(9-28)15-37)26-4-6-27(7-5-26)35(3,29-10-22(16-38)32(43)23(11-29)17-39)30-12-24(18-40)33(44)25(13-30)19-41/h4,6,10,20-21,23-33,36-44H,5,7-9,11-19H2,1-3H3. The SMILES string of the molecule is CC(C)(C1C=CC(C(C)(C2C=C(CO)C(O)C(CO)C2)C2CC(CO)C(O)C(CO)C2)CC1)C1CC(CO)C(O)C(CO)C1. The average Bonchev–Trinajstić information content (AvgIpc) is 3.04. The first-order valence-electron chi connectivity index (χ1n) is 17.0. The molecule has 4 aliphatic carbocycles. The molecule has 0 spiro atoms. The van der Waals surface area contributed by atoms with Gasteiger partial charge in [-0.25, -0.2) is 0 Å². The minimum Gasteiger partial charge on any atom is -0.396 e. The number of rotatable bonds is 11. The summed E-state index contributed by atoms with van der Waals surface area (Å²) < 4.78 is 0. The van der Waals surface area contributed by atoms with Gasteiger partial charge in [0.15, 0.2) is 0 Å². The van der Waals surface area contributed by atoms with Gasteiger partial charge in [-0.15, -0.1) is 0 Å². The largest absolute Gasteiger partial charge is 0.396 e. The van der Waals surface area contributed by atoms with E-state index in [1.165, 1.54) is 0 Å². The van der Waals surface area contributed by atoms with E-state index in [0.29, 0.717) is 37.7 Å². The zero-order valence-electron chi connectivity index (χ0n) is 27.0. The van der Waals surface area contributed by atoms with E-state index in [1.54, 1.807) is 0 Å². The van der Waals surface area contributed by atoms with Crippen LogP contribution in [0.25, 0.3) is 0 Å². The molecule has 4 aliphatic rings. The van der Waals surface area contributed by atoms with Crippen LogP contribution in [-0.4, -0.2) is 104 Å². The van der Waals surface area contributed by atoms with Crippen LogP contribution in [-0.2, 0) is 0 Å². The zero-order chi connectivity index (χ0) is 32.4. The molecule has 0 heterocycles. The fourth-order valence-electron chi connectivity index (χ4n) is 9.91. The first-order valence-corrected chi connectivity index (χ1v) is 17.0. The van der Waals surface area contributed by atoms with Crippen LogP contribution in [0, 0.1) is 70.0 Å².